The molecule has 0 bridgehead atoms. The molecule has 1 aliphatic rings. The van der Waals surface area contributed by atoms with E-state index in [1.807, 2.05) is 36.6 Å². The number of ether oxygens (including phenoxy) is 1. The number of nitrogens with zero attached hydrogens (tertiary/aromatic N) is 1. The maximum absolute atomic E-state index is 12.6. The second kappa shape index (κ2) is 5.90. The van der Waals surface area contributed by atoms with Crippen LogP contribution >= 0.6 is 23.6 Å². The van der Waals surface area contributed by atoms with Gasteiger partial charge in [-0.3, -0.25) is 9.69 Å². The molecule has 0 radical (unpaired) electrons. The Balaban J connectivity index is 1.91. The fraction of sp³-hybridized carbons (Fsp3) is 0.125. The molecule has 0 atom stereocenters. The molecule has 2 heterocycles. The first kappa shape index (κ1) is 14.7. The summed E-state index contributed by atoms with van der Waals surface area (Å²) in [6.07, 6.45) is 1.85. The molecule has 1 N–H and O–H groups in total. The zero-order valence-electron chi connectivity index (χ0n) is 12.1. The third-order valence-electron chi connectivity index (χ3n) is 3.39. The molecule has 2 aromatic rings. The average molecular weight is 330 g/mol. The van der Waals surface area contributed by atoms with E-state index in [2.05, 4.69) is 5.32 Å². The number of aryl methyl sites for hydroxylation is 1. The number of methoxy groups -OCH3 is 1. The van der Waals surface area contributed by atoms with E-state index in [0.29, 0.717) is 10.8 Å². The van der Waals surface area contributed by atoms with Crippen molar-refractivity contribution in [1.82, 2.24) is 5.32 Å². The number of thiophene rings is 1. The second-order valence-electron chi connectivity index (χ2n) is 4.79. The van der Waals surface area contributed by atoms with E-state index >= 15 is 0 Å². The third kappa shape index (κ3) is 2.63. The van der Waals surface area contributed by atoms with Gasteiger partial charge in [-0.1, -0.05) is 0 Å². The molecule has 112 valence electrons. The van der Waals surface area contributed by atoms with Crippen LogP contribution in [-0.2, 0) is 4.79 Å². The summed E-state index contributed by atoms with van der Waals surface area (Å²) in [6, 6.07) is 9.25. The van der Waals surface area contributed by atoms with Crippen LogP contribution in [0.15, 0.2) is 41.4 Å². The van der Waals surface area contributed by atoms with Gasteiger partial charge >= 0.3 is 0 Å². The van der Waals surface area contributed by atoms with Crippen LogP contribution in [-0.4, -0.2) is 18.1 Å². The minimum absolute atomic E-state index is 0.150. The van der Waals surface area contributed by atoms with E-state index in [1.54, 1.807) is 30.6 Å². The van der Waals surface area contributed by atoms with Gasteiger partial charge in [0, 0.05) is 4.88 Å². The standard InChI is InChI=1S/C16H14N2O2S2/c1-10-7-8-22-14(10)9-13-15(19)18(16(21)17-13)11-3-5-12(20-2)6-4-11/h3-9H,1-2H3,(H,17,21)/b13-9-. The van der Waals surface area contributed by atoms with Crippen LogP contribution < -0.4 is 15.0 Å². The summed E-state index contributed by atoms with van der Waals surface area (Å²) >= 11 is 6.89. The van der Waals surface area contributed by atoms with Gasteiger partial charge in [-0.2, -0.15) is 0 Å². The number of hydrogen-bond donors (Lipinski definition) is 1. The van der Waals surface area contributed by atoms with E-state index in [0.717, 1.165) is 21.9 Å². The molecule has 1 aromatic heterocycles. The number of amides is 1. The SMILES string of the molecule is COc1ccc(N2C(=O)/C(=C/c3sccc3C)NC2=S)cc1. The molecule has 6 heteroatoms. The number of carbonyl (C=O) groups is 1. The highest BCUT2D eigenvalue weighted by Crippen LogP contribution is 2.26. The number of anilines is 1. The summed E-state index contributed by atoms with van der Waals surface area (Å²) in [5.74, 6) is 0.585. The van der Waals surface area contributed by atoms with Crippen LogP contribution in [0.5, 0.6) is 5.75 Å². The molecule has 1 saturated heterocycles. The van der Waals surface area contributed by atoms with Crippen LogP contribution in [0, 0.1) is 6.92 Å². The van der Waals surface area contributed by atoms with E-state index in [-0.39, 0.29) is 5.91 Å². The largest absolute Gasteiger partial charge is 0.497 e. The first-order valence-corrected chi connectivity index (χ1v) is 7.94. The van der Waals surface area contributed by atoms with Crippen molar-refractivity contribution in [3.05, 3.63) is 51.8 Å². The van der Waals surface area contributed by atoms with Gasteiger partial charge in [-0.05, 0) is 66.5 Å². The average Bonchev–Trinajstić information content (AvgIpc) is 3.04. The summed E-state index contributed by atoms with van der Waals surface area (Å²) in [4.78, 5) is 15.1. The van der Waals surface area contributed by atoms with E-state index in [9.17, 15) is 4.79 Å². The highest BCUT2D eigenvalue weighted by molar-refractivity contribution is 7.80. The summed E-state index contributed by atoms with van der Waals surface area (Å²) in [6.45, 7) is 2.02. The summed E-state index contributed by atoms with van der Waals surface area (Å²) in [5, 5.41) is 5.38. The molecular weight excluding hydrogens is 316 g/mol. The fourth-order valence-electron chi connectivity index (χ4n) is 2.16. The molecule has 3 rings (SSSR count). The van der Waals surface area contributed by atoms with Crippen molar-refractivity contribution in [3.63, 3.8) is 0 Å². The normalized spacial score (nSPS) is 16.3. The van der Waals surface area contributed by atoms with Gasteiger partial charge < -0.3 is 10.1 Å². The van der Waals surface area contributed by atoms with E-state index in [1.165, 1.54) is 4.90 Å². The van der Waals surface area contributed by atoms with Crippen molar-refractivity contribution in [2.75, 3.05) is 12.0 Å². The van der Waals surface area contributed by atoms with Gasteiger partial charge in [0.2, 0.25) is 0 Å². The highest BCUT2D eigenvalue weighted by atomic mass is 32.1. The van der Waals surface area contributed by atoms with E-state index in [4.69, 9.17) is 17.0 Å². The van der Waals surface area contributed by atoms with Crippen molar-refractivity contribution < 1.29 is 9.53 Å². The van der Waals surface area contributed by atoms with Crippen molar-refractivity contribution in [2.45, 2.75) is 6.92 Å². The molecule has 1 aromatic carbocycles. The Hall–Kier alpha value is -2.18. The lowest BCUT2D eigenvalue weighted by Crippen LogP contribution is -2.30. The summed E-state index contributed by atoms with van der Waals surface area (Å²) in [5.41, 5.74) is 2.35. The van der Waals surface area contributed by atoms with Crippen LogP contribution in [0.3, 0.4) is 0 Å². The Morgan fingerprint density at radius 3 is 2.59 bits per heavy atom. The Morgan fingerprint density at radius 2 is 2.00 bits per heavy atom. The van der Waals surface area contributed by atoms with Crippen LogP contribution in [0.1, 0.15) is 10.4 Å². The molecule has 0 unspecified atom stereocenters. The molecular formula is C16H14N2O2S2. The Morgan fingerprint density at radius 1 is 1.27 bits per heavy atom. The van der Waals surface area contributed by atoms with E-state index < -0.39 is 0 Å². The Bertz CT molecular complexity index is 763. The maximum atomic E-state index is 12.6. The van der Waals surface area contributed by atoms with Crippen LogP contribution in [0.4, 0.5) is 5.69 Å². The number of carbonyl (C=O) groups excluding carboxylic acids is 1. The van der Waals surface area contributed by atoms with Gasteiger partial charge in [-0.25, -0.2) is 0 Å². The van der Waals surface area contributed by atoms with Crippen LogP contribution in [0.25, 0.3) is 6.08 Å². The summed E-state index contributed by atoms with van der Waals surface area (Å²) in [7, 11) is 1.60. The predicted molar refractivity (Wildman–Crippen MR) is 93.2 cm³/mol. The molecule has 1 amide bonds. The Labute approximate surface area is 138 Å². The van der Waals surface area contributed by atoms with Crippen molar-refractivity contribution in [3.8, 4) is 5.75 Å². The summed E-state index contributed by atoms with van der Waals surface area (Å²) < 4.78 is 5.13. The van der Waals surface area contributed by atoms with Crippen LogP contribution in [0.2, 0.25) is 0 Å². The number of nitrogens with one attached hydrogen (secondary N) is 1. The van der Waals surface area contributed by atoms with Gasteiger partial charge in [-0.15, -0.1) is 11.3 Å². The number of rotatable bonds is 3. The Kier molecular flexibility index (Phi) is 3.96. The van der Waals surface area contributed by atoms with Gasteiger partial charge in [0.15, 0.2) is 5.11 Å². The van der Waals surface area contributed by atoms with Crippen molar-refractivity contribution in [1.29, 1.82) is 0 Å². The monoisotopic (exact) mass is 330 g/mol. The lowest BCUT2D eigenvalue weighted by atomic mass is 10.2. The highest BCUT2D eigenvalue weighted by Gasteiger charge is 2.32. The zero-order valence-corrected chi connectivity index (χ0v) is 13.8. The smallest absolute Gasteiger partial charge is 0.281 e. The second-order valence-corrected chi connectivity index (χ2v) is 6.13. The molecule has 22 heavy (non-hydrogen) atoms. The van der Waals surface area contributed by atoms with Crippen molar-refractivity contribution in [2.24, 2.45) is 0 Å². The zero-order chi connectivity index (χ0) is 15.7. The van der Waals surface area contributed by atoms with Gasteiger partial charge in [0.25, 0.3) is 5.91 Å². The predicted octanol–water partition coefficient (Wildman–Crippen LogP) is 3.33. The molecule has 0 saturated carbocycles. The third-order valence-corrected chi connectivity index (χ3v) is 4.64. The first-order chi connectivity index (χ1) is 10.6. The topological polar surface area (TPSA) is 41.6 Å². The minimum atomic E-state index is -0.150. The lowest BCUT2D eigenvalue weighted by molar-refractivity contribution is -0.113. The number of thiocarbonyl (C=S) groups is 1. The molecule has 1 aliphatic heterocycles. The fourth-order valence-corrected chi connectivity index (χ4v) is 3.32. The van der Waals surface area contributed by atoms with Crippen molar-refractivity contribution >= 4 is 46.3 Å². The van der Waals surface area contributed by atoms with Gasteiger partial charge in [0.1, 0.15) is 11.4 Å². The molecule has 0 spiro atoms. The quantitative estimate of drug-likeness (QED) is 0.692. The minimum Gasteiger partial charge on any atom is -0.497 e. The number of benzene rings is 1. The van der Waals surface area contributed by atoms with Gasteiger partial charge in [0.05, 0.1) is 12.8 Å². The lowest BCUT2D eigenvalue weighted by Gasteiger charge is -2.14. The number of hydrogen-bond acceptors (Lipinski definition) is 4. The molecule has 4 nitrogen and oxygen atoms in total. The molecule has 0 aliphatic carbocycles. The molecule has 1 fully saturated rings. The first-order valence-electron chi connectivity index (χ1n) is 6.65. The maximum Gasteiger partial charge on any atom is 0.281 e.